The molecule has 96 valence electrons. The Hall–Kier alpha value is -0.610. The molecule has 3 rings (SSSR count). The van der Waals surface area contributed by atoms with E-state index in [0.29, 0.717) is 6.04 Å². The first kappa shape index (κ1) is 12.4. The third-order valence-corrected chi connectivity index (χ3v) is 4.96. The van der Waals surface area contributed by atoms with Crippen LogP contribution in [0.2, 0.25) is 0 Å². The predicted octanol–water partition coefficient (Wildman–Crippen LogP) is 4.44. The van der Waals surface area contributed by atoms with Gasteiger partial charge in [-0.1, -0.05) is 28.8 Å². The molecular weight excluding hydrogens is 308 g/mol. The highest BCUT2D eigenvalue weighted by Gasteiger charge is 2.24. The second-order valence-corrected chi connectivity index (χ2v) is 6.53. The number of pyridine rings is 1. The molecule has 0 radical (unpaired) electrons. The number of fused-ring (bicyclic) bond motifs is 1. The van der Waals surface area contributed by atoms with Crippen LogP contribution in [0.3, 0.4) is 0 Å². The summed E-state index contributed by atoms with van der Waals surface area (Å²) in [5.74, 6) is 1.18. The zero-order chi connectivity index (χ0) is 12.4. The van der Waals surface area contributed by atoms with Gasteiger partial charge in [-0.3, -0.25) is 0 Å². The maximum absolute atomic E-state index is 4.65. The third-order valence-electron chi connectivity index (χ3n) is 3.72. The standard InChI is InChI=1S/C14H17BrN2S/c15-7-9-17(11-3-1-2-4-11)14-12-6-10-18-13(12)5-8-16-14/h5-6,8,10-11H,1-4,7,9H2. The van der Waals surface area contributed by atoms with Gasteiger partial charge in [0.15, 0.2) is 0 Å². The van der Waals surface area contributed by atoms with Crippen LogP contribution in [-0.2, 0) is 0 Å². The average molecular weight is 325 g/mol. The fraction of sp³-hybridized carbons (Fsp3) is 0.500. The fourth-order valence-corrected chi connectivity index (χ4v) is 4.04. The number of anilines is 1. The Bertz CT molecular complexity index is 519. The Morgan fingerprint density at radius 2 is 2.17 bits per heavy atom. The molecule has 1 aliphatic rings. The van der Waals surface area contributed by atoms with E-state index < -0.39 is 0 Å². The first-order chi connectivity index (χ1) is 8.90. The predicted molar refractivity (Wildman–Crippen MR) is 83.0 cm³/mol. The van der Waals surface area contributed by atoms with Crippen LogP contribution in [0, 0.1) is 0 Å². The summed E-state index contributed by atoms with van der Waals surface area (Å²) >= 11 is 5.38. The van der Waals surface area contributed by atoms with E-state index in [2.05, 4.69) is 43.3 Å². The van der Waals surface area contributed by atoms with Gasteiger partial charge in [0.2, 0.25) is 0 Å². The van der Waals surface area contributed by atoms with Crippen molar-refractivity contribution in [2.24, 2.45) is 0 Å². The Labute approximate surface area is 120 Å². The topological polar surface area (TPSA) is 16.1 Å². The molecule has 2 heterocycles. The molecule has 2 nitrogen and oxygen atoms in total. The second kappa shape index (κ2) is 5.57. The van der Waals surface area contributed by atoms with Crippen LogP contribution >= 0.6 is 27.3 Å². The van der Waals surface area contributed by atoms with Crippen molar-refractivity contribution >= 4 is 43.2 Å². The van der Waals surface area contributed by atoms with Gasteiger partial charge in [0.1, 0.15) is 5.82 Å². The molecule has 4 heteroatoms. The summed E-state index contributed by atoms with van der Waals surface area (Å²) < 4.78 is 1.34. The van der Waals surface area contributed by atoms with E-state index >= 15 is 0 Å². The number of rotatable bonds is 4. The molecule has 0 unspecified atom stereocenters. The van der Waals surface area contributed by atoms with Gasteiger partial charge in [-0.15, -0.1) is 11.3 Å². The van der Waals surface area contributed by atoms with Gasteiger partial charge in [-0.25, -0.2) is 4.98 Å². The largest absolute Gasteiger partial charge is 0.352 e. The van der Waals surface area contributed by atoms with Gasteiger partial charge in [-0.2, -0.15) is 0 Å². The molecule has 0 amide bonds. The van der Waals surface area contributed by atoms with Gasteiger partial charge >= 0.3 is 0 Å². The van der Waals surface area contributed by atoms with E-state index in [4.69, 9.17) is 0 Å². The SMILES string of the molecule is BrCCN(c1nccc2sccc12)C1CCCC1. The van der Waals surface area contributed by atoms with Crippen molar-refractivity contribution in [3.63, 3.8) is 0 Å². The lowest BCUT2D eigenvalue weighted by Crippen LogP contribution is -2.35. The number of thiophene rings is 1. The molecule has 0 saturated heterocycles. The number of halogens is 1. The Morgan fingerprint density at radius 1 is 1.33 bits per heavy atom. The first-order valence-electron chi connectivity index (χ1n) is 6.55. The Kier molecular flexibility index (Phi) is 3.85. The minimum absolute atomic E-state index is 0.681. The van der Waals surface area contributed by atoms with Crippen molar-refractivity contribution in [3.8, 4) is 0 Å². The monoisotopic (exact) mass is 324 g/mol. The summed E-state index contributed by atoms with van der Waals surface area (Å²) in [4.78, 5) is 7.17. The second-order valence-electron chi connectivity index (χ2n) is 4.79. The smallest absolute Gasteiger partial charge is 0.137 e. The van der Waals surface area contributed by atoms with E-state index in [0.717, 1.165) is 11.9 Å². The lowest BCUT2D eigenvalue weighted by atomic mass is 10.2. The highest BCUT2D eigenvalue weighted by Crippen LogP contribution is 2.33. The zero-order valence-electron chi connectivity index (χ0n) is 10.3. The molecule has 0 aliphatic heterocycles. The van der Waals surface area contributed by atoms with E-state index in [1.165, 1.54) is 41.6 Å². The van der Waals surface area contributed by atoms with Crippen LogP contribution in [0.1, 0.15) is 25.7 Å². The summed E-state index contributed by atoms with van der Waals surface area (Å²) in [5, 5.41) is 4.48. The fourth-order valence-electron chi connectivity index (χ4n) is 2.88. The normalized spacial score (nSPS) is 16.5. The van der Waals surface area contributed by atoms with E-state index in [1.54, 1.807) is 11.3 Å². The lowest BCUT2D eigenvalue weighted by molar-refractivity contribution is 0.618. The van der Waals surface area contributed by atoms with Crippen LogP contribution in [-0.4, -0.2) is 22.9 Å². The van der Waals surface area contributed by atoms with Gasteiger partial charge < -0.3 is 4.90 Å². The Morgan fingerprint density at radius 3 is 2.94 bits per heavy atom. The first-order valence-corrected chi connectivity index (χ1v) is 8.55. The van der Waals surface area contributed by atoms with Crippen molar-refractivity contribution < 1.29 is 0 Å². The van der Waals surface area contributed by atoms with E-state index in [1.807, 2.05) is 6.20 Å². The molecule has 0 bridgehead atoms. The lowest BCUT2D eigenvalue weighted by Gasteiger charge is -2.30. The summed E-state index contributed by atoms with van der Waals surface area (Å²) in [7, 11) is 0. The molecule has 1 aliphatic carbocycles. The summed E-state index contributed by atoms with van der Waals surface area (Å²) in [6, 6.07) is 5.00. The van der Waals surface area contributed by atoms with Crippen LogP contribution in [0.15, 0.2) is 23.7 Å². The number of hydrogen-bond donors (Lipinski definition) is 0. The maximum Gasteiger partial charge on any atom is 0.137 e. The van der Waals surface area contributed by atoms with Crippen molar-refractivity contribution in [1.29, 1.82) is 0 Å². The number of hydrogen-bond acceptors (Lipinski definition) is 3. The number of alkyl halides is 1. The molecule has 1 fully saturated rings. The van der Waals surface area contributed by atoms with Crippen molar-refractivity contribution in [1.82, 2.24) is 4.98 Å². The van der Waals surface area contributed by atoms with Crippen molar-refractivity contribution in [2.75, 3.05) is 16.8 Å². The van der Waals surface area contributed by atoms with Crippen molar-refractivity contribution in [3.05, 3.63) is 23.7 Å². The summed E-state index contributed by atoms with van der Waals surface area (Å²) in [5.41, 5.74) is 0. The minimum Gasteiger partial charge on any atom is -0.352 e. The number of aromatic nitrogens is 1. The summed E-state index contributed by atoms with van der Waals surface area (Å²) in [6.45, 7) is 1.05. The minimum atomic E-state index is 0.681. The van der Waals surface area contributed by atoms with Gasteiger partial charge in [-0.05, 0) is 30.4 Å². The van der Waals surface area contributed by atoms with Gasteiger partial charge in [0, 0.05) is 34.2 Å². The van der Waals surface area contributed by atoms with Gasteiger partial charge in [0.25, 0.3) is 0 Å². The average Bonchev–Trinajstić information content (AvgIpc) is 3.06. The van der Waals surface area contributed by atoms with E-state index in [9.17, 15) is 0 Å². The molecule has 0 spiro atoms. The van der Waals surface area contributed by atoms with E-state index in [-0.39, 0.29) is 0 Å². The molecule has 18 heavy (non-hydrogen) atoms. The molecule has 0 atom stereocenters. The highest BCUT2D eigenvalue weighted by molar-refractivity contribution is 9.09. The van der Waals surface area contributed by atoms with Crippen LogP contribution < -0.4 is 4.90 Å². The highest BCUT2D eigenvalue weighted by atomic mass is 79.9. The molecule has 1 saturated carbocycles. The quantitative estimate of drug-likeness (QED) is 0.773. The number of nitrogens with zero attached hydrogens (tertiary/aromatic N) is 2. The van der Waals surface area contributed by atoms with Crippen molar-refractivity contribution in [2.45, 2.75) is 31.7 Å². The molecule has 0 N–H and O–H groups in total. The zero-order valence-corrected chi connectivity index (χ0v) is 12.7. The molecular formula is C14H17BrN2S. The molecule has 0 aromatic carbocycles. The third kappa shape index (κ3) is 2.28. The molecule has 2 aromatic rings. The van der Waals surface area contributed by atoms with Crippen LogP contribution in [0.4, 0.5) is 5.82 Å². The van der Waals surface area contributed by atoms with Gasteiger partial charge in [0.05, 0.1) is 0 Å². The maximum atomic E-state index is 4.65. The van der Waals surface area contributed by atoms with Crippen LogP contribution in [0.25, 0.3) is 10.1 Å². The summed E-state index contributed by atoms with van der Waals surface area (Å²) in [6.07, 6.45) is 7.31. The molecule has 2 aromatic heterocycles. The van der Waals surface area contributed by atoms with Crippen LogP contribution in [0.5, 0.6) is 0 Å². The Balaban J connectivity index is 2.00.